The highest BCUT2D eigenvalue weighted by molar-refractivity contribution is 5.78. The Morgan fingerprint density at radius 1 is 0.929 bits per heavy atom. The predicted octanol–water partition coefficient (Wildman–Crippen LogP) is 3.73. The van der Waals surface area contributed by atoms with E-state index in [1.54, 1.807) is 24.3 Å². The van der Waals surface area contributed by atoms with Crippen molar-refractivity contribution in [1.82, 2.24) is 5.32 Å². The molecule has 5 heteroatoms. The first-order valence-electron chi connectivity index (χ1n) is 9.65. The summed E-state index contributed by atoms with van der Waals surface area (Å²) in [5, 5.41) is 3.06. The highest BCUT2D eigenvalue weighted by Gasteiger charge is 2.19. The number of hydrogen-bond acceptors (Lipinski definition) is 3. The second-order valence-electron chi connectivity index (χ2n) is 7.69. The van der Waals surface area contributed by atoms with E-state index in [2.05, 4.69) is 57.3 Å². The van der Waals surface area contributed by atoms with Crippen LogP contribution in [-0.2, 0) is 16.0 Å². The number of primary amides is 1. The molecule has 0 heterocycles. The maximum Gasteiger partial charge on any atom is 0.258 e. The molecule has 0 aliphatic rings. The second kappa shape index (κ2) is 9.93. The number of nitrogens with one attached hydrogen (secondary N) is 1. The lowest BCUT2D eigenvalue weighted by Crippen LogP contribution is -2.35. The van der Waals surface area contributed by atoms with Crippen molar-refractivity contribution in [3.8, 4) is 5.75 Å². The molecule has 0 aromatic heterocycles. The molecule has 0 fully saturated rings. The molecule has 5 nitrogen and oxygen atoms in total. The third-order valence-corrected chi connectivity index (χ3v) is 4.62. The summed E-state index contributed by atoms with van der Waals surface area (Å²) in [6, 6.07) is 15.3. The van der Waals surface area contributed by atoms with Crippen LogP contribution in [0.1, 0.15) is 56.3 Å². The minimum Gasteiger partial charge on any atom is -0.484 e. The van der Waals surface area contributed by atoms with E-state index in [9.17, 15) is 9.59 Å². The smallest absolute Gasteiger partial charge is 0.258 e. The van der Waals surface area contributed by atoms with E-state index in [1.165, 1.54) is 5.56 Å². The topological polar surface area (TPSA) is 81.4 Å². The molecule has 0 aliphatic carbocycles. The molecule has 0 saturated heterocycles. The van der Waals surface area contributed by atoms with Gasteiger partial charge in [0.2, 0.25) is 5.91 Å². The number of benzene rings is 2. The van der Waals surface area contributed by atoms with Gasteiger partial charge in [-0.2, -0.15) is 0 Å². The van der Waals surface area contributed by atoms with Crippen molar-refractivity contribution in [3.05, 3.63) is 65.2 Å². The van der Waals surface area contributed by atoms with E-state index in [1.807, 2.05) is 0 Å². The minimum atomic E-state index is -0.380. The van der Waals surface area contributed by atoms with E-state index in [0.29, 0.717) is 11.7 Å². The summed E-state index contributed by atoms with van der Waals surface area (Å²) in [5.74, 6) is 0.749. The Morgan fingerprint density at radius 3 is 2.00 bits per heavy atom. The summed E-state index contributed by atoms with van der Waals surface area (Å²) < 4.78 is 5.57. The molecule has 28 heavy (non-hydrogen) atoms. The normalized spacial score (nSPS) is 12.1. The molecule has 2 aromatic carbocycles. The second-order valence-corrected chi connectivity index (χ2v) is 7.69. The summed E-state index contributed by atoms with van der Waals surface area (Å²) in [7, 11) is 0. The molecule has 0 radical (unpaired) electrons. The zero-order chi connectivity index (χ0) is 20.7. The Hall–Kier alpha value is -2.82. The third kappa shape index (κ3) is 6.41. The number of amides is 2. The number of ether oxygens (including phenoxy) is 1. The largest absolute Gasteiger partial charge is 0.484 e. The average molecular weight is 383 g/mol. The van der Waals surface area contributed by atoms with Gasteiger partial charge in [-0.25, -0.2) is 0 Å². The van der Waals surface area contributed by atoms with E-state index < -0.39 is 0 Å². The fourth-order valence-electron chi connectivity index (χ4n) is 2.99. The fraction of sp³-hybridized carbons (Fsp3) is 0.391. The van der Waals surface area contributed by atoms with Gasteiger partial charge in [0.25, 0.3) is 5.91 Å². The van der Waals surface area contributed by atoms with Gasteiger partial charge in [0.05, 0.1) is 12.5 Å². The zero-order valence-corrected chi connectivity index (χ0v) is 17.1. The van der Waals surface area contributed by atoms with Crippen LogP contribution in [0.4, 0.5) is 0 Å². The quantitative estimate of drug-likeness (QED) is 0.693. The van der Waals surface area contributed by atoms with Gasteiger partial charge >= 0.3 is 0 Å². The van der Waals surface area contributed by atoms with Crippen LogP contribution < -0.4 is 15.8 Å². The van der Waals surface area contributed by atoms with Gasteiger partial charge in [-0.15, -0.1) is 0 Å². The van der Waals surface area contributed by atoms with Crippen LogP contribution in [0.3, 0.4) is 0 Å². The molecule has 1 unspecified atom stereocenters. The van der Waals surface area contributed by atoms with Crippen LogP contribution in [0.15, 0.2) is 48.5 Å². The first-order valence-corrected chi connectivity index (χ1v) is 9.65. The lowest BCUT2D eigenvalue weighted by Gasteiger charge is -2.23. The predicted molar refractivity (Wildman–Crippen MR) is 111 cm³/mol. The average Bonchev–Trinajstić information content (AvgIpc) is 2.65. The van der Waals surface area contributed by atoms with Crippen molar-refractivity contribution < 1.29 is 14.3 Å². The van der Waals surface area contributed by atoms with E-state index in [0.717, 1.165) is 11.1 Å². The Kier molecular flexibility index (Phi) is 7.61. The molecule has 2 rings (SSSR count). The molecule has 2 aromatic rings. The minimum absolute atomic E-state index is 0.0670. The molecule has 0 aliphatic heterocycles. The maximum atomic E-state index is 12.4. The Labute approximate surface area is 167 Å². The number of hydrogen-bond donors (Lipinski definition) is 2. The first-order chi connectivity index (χ1) is 13.3. The number of nitrogens with two attached hydrogens (primary N) is 1. The molecule has 150 valence electrons. The van der Waals surface area contributed by atoms with Gasteiger partial charge < -0.3 is 15.8 Å². The van der Waals surface area contributed by atoms with Crippen LogP contribution in [0.2, 0.25) is 0 Å². The molecule has 1 atom stereocenters. The van der Waals surface area contributed by atoms with Gasteiger partial charge in [-0.05, 0) is 40.7 Å². The Morgan fingerprint density at radius 2 is 1.50 bits per heavy atom. The van der Waals surface area contributed by atoms with Crippen LogP contribution in [-0.4, -0.2) is 18.4 Å². The third-order valence-electron chi connectivity index (χ3n) is 4.62. The van der Waals surface area contributed by atoms with Gasteiger partial charge in [0.1, 0.15) is 5.75 Å². The summed E-state index contributed by atoms with van der Waals surface area (Å²) in [4.78, 5) is 23.3. The Bertz CT molecular complexity index is 780. The fourth-order valence-corrected chi connectivity index (χ4v) is 2.99. The lowest BCUT2D eigenvalue weighted by atomic mass is 9.93. The van der Waals surface area contributed by atoms with Crippen molar-refractivity contribution >= 4 is 11.8 Å². The highest BCUT2D eigenvalue weighted by Crippen LogP contribution is 2.24. The van der Waals surface area contributed by atoms with Crippen LogP contribution >= 0.6 is 0 Å². The SMILES string of the molecule is CC(C)c1ccc(C(NC(=O)COc2ccc(CC(N)=O)cc2)C(C)C)cc1. The van der Waals surface area contributed by atoms with Crippen LogP contribution in [0.25, 0.3) is 0 Å². The van der Waals surface area contributed by atoms with Gasteiger partial charge in [0.15, 0.2) is 6.61 Å². The monoisotopic (exact) mass is 382 g/mol. The molecule has 0 bridgehead atoms. The summed E-state index contributed by atoms with van der Waals surface area (Å²) in [5.41, 5.74) is 8.36. The maximum absolute atomic E-state index is 12.4. The Balaban J connectivity index is 1.94. The van der Waals surface area contributed by atoms with E-state index in [4.69, 9.17) is 10.5 Å². The summed E-state index contributed by atoms with van der Waals surface area (Å²) in [6.07, 6.45) is 0.187. The zero-order valence-electron chi connectivity index (χ0n) is 17.1. The highest BCUT2D eigenvalue weighted by atomic mass is 16.5. The number of carbonyl (C=O) groups is 2. The van der Waals surface area contributed by atoms with E-state index in [-0.39, 0.29) is 36.8 Å². The van der Waals surface area contributed by atoms with Gasteiger partial charge in [-0.1, -0.05) is 64.1 Å². The first kappa shape index (κ1) is 21.5. The summed E-state index contributed by atoms with van der Waals surface area (Å²) >= 11 is 0. The van der Waals surface area contributed by atoms with Gasteiger partial charge in [0, 0.05) is 0 Å². The van der Waals surface area contributed by atoms with Crippen molar-refractivity contribution in [1.29, 1.82) is 0 Å². The molecule has 0 saturated carbocycles. The number of rotatable bonds is 9. The van der Waals surface area contributed by atoms with Crippen molar-refractivity contribution in [2.45, 2.75) is 46.1 Å². The lowest BCUT2D eigenvalue weighted by molar-refractivity contribution is -0.124. The van der Waals surface area contributed by atoms with Crippen LogP contribution in [0.5, 0.6) is 5.75 Å². The van der Waals surface area contributed by atoms with Crippen molar-refractivity contribution in [2.75, 3.05) is 6.61 Å². The van der Waals surface area contributed by atoms with Crippen molar-refractivity contribution in [2.24, 2.45) is 11.7 Å². The van der Waals surface area contributed by atoms with Crippen LogP contribution in [0, 0.1) is 5.92 Å². The standard InChI is InChI=1S/C23H30N2O3/c1-15(2)18-7-9-19(10-8-18)23(16(3)4)25-22(27)14-28-20-11-5-17(6-12-20)13-21(24)26/h5-12,15-16,23H,13-14H2,1-4H3,(H2,24,26)(H,25,27). The molecular formula is C23H30N2O3. The van der Waals surface area contributed by atoms with E-state index >= 15 is 0 Å². The molecule has 0 spiro atoms. The van der Waals surface area contributed by atoms with Gasteiger partial charge in [-0.3, -0.25) is 9.59 Å². The van der Waals surface area contributed by atoms with Crippen molar-refractivity contribution in [3.63, 3.8) is 0 Å². The number of carbonyl (C=O) groups excluding carboxylic acids is 2. The molecule has 2 amide bonds. The molecular weight excluding hydrogens is 352 g/mol. The molecule has 3 N–H and O–H groups in total. The summed E-state index contributed by atoms with van der Waals surface area (Å²) in [6.45, 7) is 8.42.